The van der Waals surface area contributed by atoms with Crippen LogP contribution in [-0.4, -0.2) is 29.1 Å². The van der Waals surface area contributed by atoms with E-state index in [0.717, 1.165) is 31.2 Å². The van der Waals surface area contributed by atoms with Gasteiger partial charge in [-0.25, -0.2) is 9.78 Å². The molecule has 1 aliphatic rings. The minimum atomic E-state index is -0.889. The molecule has 0 amide bonds. The van der Waals surface area contributed by atoms with E-state index in [2.05, 4.69) is 16.8 Å². The Labute approximate surface area is 108 Å². The zero-order valence-corrected chi connectivity index (χ0v) is 10.8. The van der Waals surface area contributed by atoms with Crippen molar-refractivity contribution in [1.29, 1.82) is 0 Å². The fourth-order valence-electron chi connectivity index (χ4n) is 2.53. The second kappa shape index (κ2) is 5.85. The molecule has 1 saturated heterocycles. The molecule has 1 aliphatic heterocycles. The van der Waals surface area contributed by atoms with Gasteiger partial charge in [0.25, 0.3) is 0 Å². The summed E-state index contributed by atoms with van der Waals surface area (Å²) in [6.45, 7) is 4.20. The van der Waals surface area contributed by atoms with Gasteiger partial charge in [-0.15, -0.1) is 0 Å². The standard InChI is InChI=1S/C14H20N2O2/c1-2-11-4-3-8-16(9-6-11)13-10-12(14(17)18)5-7-15-13/h5,7,10-11H,2-4,6,8-9H2,1H3,(H,17,18). The summed E-state index contributed by atoms with van der Waals surface area (Å²) in [5.41, 5.74) is 0.316. The molecule has 2 heterocycles. The molecular weight excluding hydrogens is 228 g/mol. The Morgan fingerprint density at radius 1 is 1.50 bits per heavy atom. The van der Waals surface area contributed by atoms with Crippen LogP contribution >= 0.6 is 0 Å². The second-order valence-corrected chi connectivity index (χ2v) is 4.90. The van der Waals surface area contributed by atoms with Crippen molar-refractivity contribution in [2.75, 3.05) is 18.0 Å². The third kappa shape index (κ3) is 3.00. The zero-order valence-electron chi connectivity index (χ0n) is 10.8. The lowest BCUT2D eigenvalue weighted by molar-refractivity contribution is 0.0697. The van der Waals surface area contributed by atoms with E-state index >= 15 is 0 Å². The molecule has 0 spiro atoms. The fourth-order valence-corrected chi connectivity index (χ4v) is 2.53. The Morgan fingerprint density at radius 2 is 2.33 bits per heavy atom. The molecule has 1 unspecified atom stereocenters. The zero-order chi connectivity index (χ0) is 13.0. The summed E-state index contributed by atoms with van der Waals surface area (Å²) < 4.78 is 0. The van der Waals surface area contributed by atoms with Crippen LogP contribution in [0.4, 0.5) is 5.82 Å². The molecule has 1 aromatic heterocycles. The number of carboxylic acids is 1. The molecule has 0 aliphatic carbocycles. The van der Waals surface area contributed by atoms with E-state index in [-0.39, 0.29) is 0 Å². The van der Waals surface area contributed by atoms with E-state index in [1.165, 1.54) is 19.3 Å². The highest BCUT2D eigenvalue weighted by atomic mass is 16.4. The van der Waals surface area contributed by atoms with Gasteiger partial charge < -0.3 is 10.0 Å². The number of hydrogen-bond acceptors (Lipinski definition) is 3. The quantitative estimate of drug-likeness (QED) is 0.893. The second-order valence-electron chi connectivity index (χ2n) is 4.90. The van der Waals surface area contributed by atoms with Crippen molar-refractivity contribution in [3.05, 3.63) is 23.9 Å². The topological polar surface area (TPSA) is 53.4 Å². The largest absolute Gasteiger partial charge is 0.478 e. The van der Waals surface area contributed by atoms with Crippen LogP contribution in [-0.2, 0) is 0 Å². The molecule has 18 heavy (non-hydrogen) atoms. The fraction of sp³-hybridized carbons (Fsp3) is 0.571. The van der Waals surface area contributed by atoms with Gasteiger partial charge in [0.05, 0.1) is 5.56 Å². The monoisotopic (exact) mass is 248 g/mol. The van der Waals surface area contributed by atoms with E-state index in [4.69, 9.17) is 5.11 Å². The lowest BCUT2D eigenvalue weighted by Gasteiger charge is -2.21. The van der Waals surface area contributed by atoms with Gasteiger partial charge in [0.15, 0.2) is 0 Å². The molecule has 0 bridgehead atoms. The van der Waals surface area contributed by atoms with Gasteiger partial charge in [0.2, 0.25) is 0 Å². The number of anilines is 1. The molecule has 4 nitrogen and oxygen atoms in total. The predicted octanol–water partition coefficient (Wildman–Crippen LogP) is 2.80. The summed E-state index contributed by atoms with van der Waals surface area (Å²) in [5, 5.41) is 9.00. The van der Waals surface area contributed by atoms with Gasteiger partial charge in [-0.2, -0.15) is 0 Å². The van der Waals surface area contributed by atoms with Crippen molar-refractivity contribution in [2.45, 2.75) is 32.6 Å². The molecule has 2 rings (SSSR count). The van der Waals surface area contributed by atoms with Crippen LogP contribution in [0.1, 0.15) is 43.0 Å². The van der Waals surface area contributed by atoms with Crippen LogP contribution < -0.4 is 4.90 Å². The summed E-state index contributed by atoms with van der Waals surface area (Å²) in [4.78, 5) is 17.5. The summed E-state index contributed by atoms with van der Waals surface area (Å²) >= 11 is 0. The highest BCUT2D eigenvalue weighted by molar-refractivity contribution is 5.88. The maximum atomic E-state index is 11.0. The van der Waals surface area contributed by atoms with Gasteiger partial charge in [-0.3, -0.25) is 0 Å². The van der Waals surface area contributed by atoms with Crippen molar-refractivity contribution >= 4 is 11.8 Å². The van der Waals surface area contributed by atoms with Gasteiger partial charge in [-0.05, 0) is 37.3 Å². The van der Waals surface area contributed by atoms with E-state index in [9.17, 15) is 4.79 Å². The average molecular weight is 248 g/mol. The molecule has 0 aromatic carbocycles. The molecule has 0 radical (unpaired) electrons. The maximum absolute atomic E-state index is 11.0. The third-order valence-corrected chi connectivity index (χ3v) is 3.74. The lowest BCUT2D eigenvalue weighted by Crippen LogP contribution is -2.25. The first-order valence-electron chi connectivity index (χ1n) is 6.65. The van der Waals surface area contributed by atoms with Gasteiger partial charge in [0, 0.05) is 19.3 Å². The van der Waals surface area contributed by atoms with Crippen LogP contribution in [0.3, 0.4) is 0 Å². The van der Waals surface area contributed by atoms with Crippen LogP contribution in [0, 0.1) is 5.92 Å². The Hall–Kier alpha value is -1.58. The Morgan fingerprint density at radius 3 is 3.06 bits per heavy atom. The number of hydrogen-bond donors (Lipinski definition) is 1. The Balaban J connectivity index is 2.11. The molecule has 1 N–H and O–H groups in total. The smallest absolute Gasteiger partial charge is 0.335 e. The lowest BCUT2D eigenvalue weighted by atomic mass is 9.98. The van der Waals surface area contributed by atoms with Crippen LogP contribution in [0.2, 0.25) is 0 Å². The molecule has 1 atom stereocenters. The number of pyridine rings is 1. The van der Waals surface area contributed by atoms with Gasteiger partial charge in [-0.1, -0.05) is 13.3 Å². The number of rotatable bonds is 3. The van der Waals surface area contributed by atoms with Crippen molar-refractivity contribution in [2.24, 2.45) is 5.92 Å². The van der Waals surface area contributed by atoms with Crippen molar-refractivity contribution < 1.29 is 9.90 Å². The van der Waals surface area contributed by atoms with E-state index in [1.807, 2.05) is 0 Å². The van der Waals surface area contributed by atoms with Crippen LogP contribution in [0.5, 0.6) is 0 Å². The molecule has 1 fully saturated rings. The predicted molar refractivity (Wildman–Crippen MR) is 71.0 cm³/mol. The highest BCUT2D eigenvalue weighted by Crippen LogP contribution is 2.23. The number of nitrogens with zero attached hydrogens (tertiary/aromatic N) is 2. The normalized spacial score (nSPS) is 20.5. The van der Waals surface area contributed by atoms with Gasteiger partial charge in [0.1, 0.15) is 5.82 Å². The van der Waals surface area contributed by atoms with Crippen LogP contribution in [0.15, 0.2) is 18.3 Å². The number of aromatic carboxylic acids is 1. The first-order valence-corrected chi connectivity index (χ1v) is 6.65. The first kappa shape index (κ1) is 12.9. The summed E-state index contributed by atoms with van der Waals surface area (Å²) in [5.74, 6) is 0.712. The maximum Gasteiger partial charge on any atom is 0.335 e. The minimum Gasteiger partial charge on any atom is -0.478 e. The van der Waals surface area contributed by atoms with E-state index in [1.54, 1.807) is 18.3 Å². The van der Waals surface area contributed by atoms with Crippen molar-refractivity contribution in [3.8, 4) is 0 Å². The number of aromatic nitrogens is 1. The van der Waals surface area contributed by atoms with Crippen molar-refractivity contribution in [3.63, 3.8) is 0 Å². The van der Waals surface area contributed by atoms with E-state index < -0.39 is 5.97 Å². The first-order chi connectivity index (χ1) is 8.70. The van der Waals surface area contributed by atoms with Crippen LogP contribution in [0.25, 0.3) is 0 Å². The third-order valence-electron chi connectivity index (χ3n) is 3.74. The highest BCUT2D eigenvalue weighted by Gasteiger charge is 2.17. The number of carbonyl (C=O) groups is 1. The molecule has 0 saturated carbocycles. The molecule has 98 valence electrons. The minimum absolute atomic E-state index is 0.316. The summed E-state index contributed by atoms with van der Waals surface area (Å²) in [6, 6.07) is 3.22. The van der Waals surface area contributed by atoms with Crippen molar-refractivity contribution in [1.82, 2.24) is 4.98 Å². The van der Waals surface area contributed by atoms with E-state index in [0.29, 0.717) is 5.56 Å². The average Bonchev–Trinajstić information content (AvgIpc) is 2.64. The molecular formula is C14H20N2O2. The summed E-state index contributed by atoms with van der Waals surface area (Å²) in [7, 11) is 0. The Bertz CT molecular complexity index is 420. The van der Waals surface area contributed by atoms with Gasteiger partial charge >= 0.3 is 5.97 Å². The molecule has 4 heteroatoms. The molecule has 1 aromatic rings. The number of carboxylic acid groups (broad SMARTS) is 1. The SMILES string of the molecule is CCC1CCCN(c2cc(C(=O)O)ccn2)CC1. The Kier molecular flexibility index (Phi) is 4.18. The summed E-state index contributed by atoms with van der Waals surface area (Å²) in [6.07, 6.45) is 6.43.